The van der Waals surface area contributed by atoms with Crippen molar-refractivity contribution in [1.29, 1.82) is 0 Å². The molecule has 3 aromatic heterocycles. The van der Waals surface area contributed by atoms with E-state index in [4.69, 9.17) is 25.9 Å². The molecule has 2 N–H and O–H groups in total. The van der Waals surface area contributed by atoms with Crippen molar-refractivity contribution in [1.82, 2.24) is 29.9 Å². The maximum atomic E-state index is 14.2. The van der Waals surface area contributed by atoms with Gasteiger partial charge in [0.2, 0.25) is 11.8 Å². The number of carboxylic acid groups (broad SMARTS) is 1. The molecule has 0 spiro atoms. The molecule has 5 heterocycles. The second-order valence-electron chi connectivity index (χ2n) is 12.3. The molecule has 47 heavy (non-hydrogen) atoms. The summed E-state index contributed by atoms with van der Waals surface area (Å²) in [5, 5.41) is 30.3. The Morgan fingerprint density at radius 3 is 2.74 bits per heavy atom. The molecular formula is C35H32ClFN6O4. The van der Waals surface area contributed by atoms with Crippen molar-refractivity contribution in [2.24, 2.45) is 7.05 Å². The van der Waals surface area contributed by atoms with Crippen molar-refractivity contribution < 1.29 is 23.4 Å². The van der Waals surface area contributed by atoms with Gasteiger partial charge in [0, 0.05) is 41.9 Å². The van der Waals surface area contributed by atoms with Crippen LogP contribution >= 0.6 is 11.6 Å². The van der Waals surface area contributed by atoms with Crippen molar-refractivity contribution >= 4 is 39.2 Å². The molecule has 12 heteroatoms. The van der Waals surface area contributed by atoms with Crippen LogP contribution in [0.5, 0.6) is 5.75 Å². The lowest BCUT2D eigenvalue weighted by Crippen LogP contribution is -2.19. The molecular weight excluding hydrogens is 623 g/mol. The summed E-state index contributed by atoms with van der Waals surface area (Å²) in [5.74, 6) is 0.313. The van der Waals surface area contributed by atoms with Gasteiger partial charge in [-0.15, -0.1) is 10.2 Å². The number of fused-ring (bicyclic) bond motifs is 7. The van der Waals surface area contributed by atoms with E-state index in [9.17, 15) is 14.3 Å². The number of rotatable bonds is 1. The van der Waals surface area contributed by atoms with Gasteiger partial charge in [0.1, 0.15) is 17.3 Å². The summed E-state index contributed by atoms with van der Waals surface area (Å²) in [4.78, 5) is 12.7. The van der Waals surface area contributed by atoms with Crippen LogP contribution in [0.3, 0.4) is 0 Å². The molecule has 240 valence electrons. The van der Waals surface area contributed by atoms with E-state index in [1.807, 2.05) is 35.9 Å². The molecule has 2 aliphatic heterocycles. The number of halogens is 2. The first-order chi connectivity index (χ1) is 22.8. The summed E-state index contributed by atoms with van der Waals surface area (Å²) in [6.45, 7) is 3.39. The van der Waals surface area contributed by atoms with E-state index >= 15 is 0 Å². The van der Waals surface area contributed by atoms with Gasteiger partial charge in [-0.1, -0.05) is 23.7 Å². The Morgan fingerprint density at radius 2 is 1.89 bits per heavy atom. The highest BCUT2D eigenvalue weighted by Crippen LogP contribution is 2.45. The van der Waals surface area contributed by atoms with Crippen LogP contribution in [0, 0.1) is 12.7 Å². The van der Waals surface area contributed by atoms with Crippen LogP contribution in [-0.2, 0) is 39.4 Å². The van der Waals surface area contributed by atoms with Gasteiger partial charge in [0.25, 0.3) is 0 Å². The predicted octanol–water partition coefficient (Wildman–Crippen LogP) is 6.72. The second-order valence-corrected chi connectivity index (χ2v) is 12.7. The Balaban J connectivity index is 1.26. The van der Waals surface area contributed by atoms with E-state index < -0.39 is 5.97 Å². The van der Waals surface area contributed by atoms with E-state index in [2.05, 4.69) is 15.5 Å². The minimum Gasteiger partial charge on any atom is -0.493 e. The number of benzene rings is 3. The lowest BCUT2D eigenvalue weighted by atomic mass is 9.96. The monoisotopic (exact) mass is 654 g/mol. The number of nitrogens with one attached hydrogen (secondary N) is 1. The zero-order valence-corrected chi connectivity index (χ0v) is 26.7. The fourth-order valence-corrected chi connectivity index (χ4v) is 7.61. The molecule has 1 unspecified atom stereocenters. The number of aryl methyl sites for hydroxylation is 6. The minimum absolute atomic E-state index is 0.0609. The molecule has 0 fully saturated rings. The number of aromatic carboxylic acids is 1. The number of carbonyl (C=O) groups is 1. The largest absolute Gasteiger partial charge is 0.493 e. The van der Waals surface area contributed by atoms with Crippen LogP contribution in [0.2, 0.25) is 5.02 Å². The molecule has 10 nitrogen and oxygen atoms in total. The summed E-state index contributed by atoms with van der Waals surface area (Å²) in [7, 11) is 1.78. The van der Waals surface area contributed by atoms with Gasteiger partial charge in [-0.2, -0.15) is 5.10 Å². The van der Waals surface area contributed by atoms with Gasteiger partial charge in [-0.05, 0) is 79.5 Å². The molecule has 8 bridgehead atoms. The maximum Gasteiger partial charge on any atom is 0.352 e. The average molecular weight is 655 g/mol. The van der Waals surface area contributed by atoms with Crippen molar-refractivity contribution in [2.75, 3.05) is 6.61 Å². The summed E-state index contributed by atoms with van der Waals surface area (Å²) in [5.41, 5.74) is 6.15. The standard InChI is InChI=1S/C35H32ClFN6O4/c1-18-30-31-25(36)9-8-24-23(33(35(44)45)42(2)32(24)31)4-3-13-46-27-15-19(14-20-16-21(37)6-7-22(20)27)5-10-28-39-40-29(47-28)17-38-26-11-12-43(41-18)34(26)30/h6-9,14-16,26,38H,3-5,10-13,17H2,1-2H3,(H,44,45). The first-order valence-electron chi connectivity index (χ1n) is 15.8. The van der Waals surface area contributed by atoms with Gasteiger partial charge in [0.05, 0.1) is 41.1 Å². The van der Waals surface area contributed by atoms with E-state index in [1.165, 1.54) is 12.1 Å². The van der Waals surface area contributed by atoms with Crippen molar-refractivity contribution in [3.63, 3.8) is 0 Å². The normalized spacial score (nSPS) is 16.7. The van der Waals surface area contributed by atoms with Gasteiger partial charge in [0.15, 0.2) is 0 Å². The Morgan fingerprint density at radius 1 is 1.06 bits per heavy atom. The minimum atomic E-state index is -1.01. The molecule has 0 radical (unpaired) electrons. The van der Waals surface area contributed by atoms with Crippen molar-refractivity contribution in [3.8, 4) is 16.9 Å². The van der Waals surface area contributed by atoms with Gasteiger partial charge >= 0.3 is 5.97 Å². The molecule has 3 aromatic carbocycles. The molecule has 0 amide bonds. The molecule has 8 rings (SSSR count). The lowest BCUT2D eigenvalue weighted by Gasteiger charge is -2.16. The van der Waals surface area contributed by atoms with Gasteiger partial charge < -0.3 is 24.1 Å². The zero-order valence-electron chi connectivity index (χ0n) is 25.9. The third-order valence-electron chi connectivity index (χ3n) is 9.39. The zero-order chi connectivity index (χ0) is 32.4. The number of nitrogens with zero attached hydrogens (tertiary/aromatic N) is 5. The Hall–Kier alpha value is -4.74. The highest BCUT2D eigenvalue weighted by atomic mass is 35.5. The Kier molecular flexibility index (Phi) is 7.25. The highest BCUT2D eigenvalue weighted by Gasteiger charge is 2.33. The smallest absolute Gasteiger partial charge is 0.352 e. The van der Waals surface area contributed by atoms with E-state index in [1.54, 1.807) is 17.7 Å². The van der Waals surface area contributed by atoms with E-state index in [0.29, 0.717) is 61.4 Å². The topological polar surface area (TPSA) is 120 Å². The Labute approximate surface area is 274 Å². The highest BCUT2D eigenvalue weighted by molar-refractivity contribution is 6.35. The summed E-state index contributed by atoms with van der Waals surface area (Å²) < 4.78 is 30.3. The molecule has 0 saturated carbocycles. The maximum absolute atomic E-state index is 14.2. The fourth-order valence-electron chi connectivity index (χ4n) is 7.37. The van der Waals surface area contributed by atoms with Crippen LogP contribution in [-0.4, -0.2) is 42.2 Å². The Bertz CT molecular complexity index is 2220. The first-order valence-corrected chi connectivity index (χ1v) is 16.1. The van der Waals surface area contributed by atoms with Crippen LogP contribution in [0.4, 0.5) is 4.39 Å². The molecule has 2 aliphatic rings. The summed E-state index contributed by atoms with van der Waals surface area (Å²) in [6, 6.07) is 12.3. The second kappa shape index (κ2) is 11.5. The number of ether oxygens (including phenoxy) is 1. The fraction of sp³-hybridized carbons (Fsp3) is 0.314. The van der Waals surface area contributed by atoms with Crippen molar-refractivity contribution in [2.45, 2.75) is 58.2 Å². The number of hydrogen-bond donors (Lipinski definition) is 2. The predicted molar refractivity (Wildman–Crippen MR) is 174 cm³/mol. The quantitative estimate of drug-likeness (QED) is 0.200. The number of aromatic nitrogens is 5. The third kappa shape index (κ3) is 5.05. The molecule has 1 atom stereocenters. The van der Waals surface area contributed by atoms with Gasteiger partial charge in [-0.3, -0.25) is 4.68 Å². The number of carboxylic acids is 1. The number of hydrogen-bond acceptors (Lipinski definition) is 7. The van der Waals surface area contributed by atoms with Gasteiger partial charge in [-0.25, -0.2) is 9.18 Å². The average Bonchev–Trinajstić information content (AvgIpc) is 3.80. The first kappa shape index (κ1) is 29.6. The van der Waals surface area contributed by atoms with E-state index in [0.717, 1.165) is 68.3 Å². The van der Waals surface area contributed by atoms with Crippen molar-refractivity contribution in [3.05, 3.63) is 93.3 Å². The lowest BCUT2D eigenvalue weighted by molar-refractivity contribution is 0.0685. The summed E-state index contributed by atoms with van der Waals surface area (Å²) >= 11 is 6.98. The van der Waals surface area contributed by atoms with Crippen LogP contribution in [0.1, 0.15) is 63.7 Å². The summed E-state index contributed by atoms with van der Waals surface area (Å²) in [6.07, 6.45) is 2.96. The van der Waals surface area contributed by atoms with Crippen LogP contribution in [0.15, 0.2) is 46.9 Å². The SMILES string of the molecule is Cc1nn2c3c1-c1c(Cl)ccc4c(c(C(=O)O)n(C)c14)CCCOc1cc(cc4cc(F)ccc14)CCc1nnc(o1)CNC3CC2. The third-order valence-corrected chi connectivity index (χ3v) is 9.70. The molecule has 0 saturated heterocycles. The van der Waals surface area contributed by atoms with Crippen LogP contribution < -0.4 is 10.1 Å². The molecule has 0 aliphatic carbocycles. The van der Waals surface area contributed by atoms with Crippen LogP contribution in [0.25, 0.3) is 32.8 Å². The van der Waals surface area contributed by atoms with E-state index in [-0.39, 0.29) is 17.6 Å². The molecule has 6 aromatic rings.